The second kappa shape index (κ2) is 6.74. The first-order valence-electron chi connectivity index (χ1n) is 8.03. The smallest absolute Gasteiger partial charge is 0.303 e. The van der Waals surface area contributed by atoms with Gasteiger partial charge in [-0.1, -0.05) is 20.3 Å². The minimum atomic E-state index is -0.642. The molecule has 0 bridgehead atoms. The number of likely N-dealkylation sites (tertiary alicyclic amines) is 1. The van der Waals surface area contributed by atoms with Crippen LogP contribution in [0.5, 0.6) is 0 Å². The number of hydrogen-bond acceptors (Lipinski definition) is 2. The van der Waals surface area contributed by atoms with Gasteiger partial charge in [0.25, 0.3) is 0 Å². The highest BCUT2D eigenvalue weighted by Gasteiger charge is 2.34. The molecule has 2 rings (SSSR count). The standard InChI is InChI=1S/C16H29NO2/c1-12-4-3-5-13(2)16(12)17-10-8-14(9-11-17)6-7-15(18)19/h12-14,16H,3-11H2,1-2H3,(H,18,19). The largest absolute Gasteiger partial charge is 0.481 e. The lowest BCUT2D eigenvalue weighted by Gasteiger charge is -2.45. The van der Waals surface area contributed by atoms with Crippen molar-refractivity contribution in [2.75, 3.05) is 13.1 Å². The minimum absolute atomic E-state index is 0.348. The number of nitrogens with zero attached hydrogens (tertiary/aromatic N) is 1. The van der Waals surface area contributed by atoms with E-state index in [9.17, 15) is 4.79 Å². The van der Waals surface area contributed by atoms with Gasteiger partial charge >= 0.3 is 5.97 Å². The first-order chi connectivity index (χ1) is 9.08. The summed E-state index contributed by atoms with van der Waals surface area (Å²) in [7, 11) is 0. The summed E-state index contributed by atoms with van der Waals surface area (Å²) in [6, 6.07) is 0.772. The van der Waals surface area contributed by atoms with Crippen LogP contribution in [-0.2, 0) is 4.79 Å². The molecule has 0 aromatic rings. The fraction of sp³-hybridized carbons (Fsp3) is 0.938. The molecule has 3 heteroatoms. The third kappa shape index (κ3) is 3.95. The SMILES string of the molecule is CC1CCCC(C)C1N1CCC(CCC(=O)O)CC1. The zero-order chi connectivity index (χ0) is 13.8. The monoisotopic (exact) mass is 267 g/mol. The van der Waals surface area contributed by atoms with Gasteiger partial charge in [0.05, 0.1) is 0 Å². The van der Waals surface area contributed by atoms with E-state index in [-0.39, 0.29) is 0 Å². The first kappa shape index (κ1) is 14.8. The van der Waals surface area contributed by atoms with Crippen LogP contribution in [0.1, 0.15) is 58.8 Å². The Morgan fingerprint density at radius 2 is 1.68 bits per heavy atom. The van der Waals surface area contributed by atoms with E-state index < -0.39 is 5.97 Å². The molecule has 2 fully saturated rings. The molecule has 0 radical (unpaired) electrons. The number of aliphatic carboxylic acids is 1. The fourth-order valence-corrected chi connectivity index (χ4v) is 4.25. The summed E-state index contributed by atoms with van der Waals surface area (Å²) >= 11 is 0. The molecule has 1 saturated heterocycles. The Morgan fingerprint density at radius 1 is 1.11 bits per heavy atom. The summed E-state index contributed by atoms with van der Waals surface area (Å²) in [5, 5.41) is 8.76. The molecule has 1 aliphatic carbocycles. The Bertz CT molecular complexity index is 287. The number of hydrogen-bond donors (Lipinski definition) is 1. The highest BCUT2D eigenvalue weighted by atomic mass is 16.4. The van der Waals surface area contributed by atoms with Crippen LogP contribution in [0.4, 0.5) is 0 Å². The van der Waals surface area contributed by atoms with Crippen molar-refractivity contribution in [3.63, 3.8) is 0 Å². The molecule has 1 N–H and O–H groups in total. The molecule has 2 aliphatic rings. The van der Waals surface area contributed by atoms with Crippen LogP contribution in [0, 0.1) is 17.8 Å². The van der Waals surface area contributed by atoms with E-state index >= 15 is 0 Å². The molecular weight excluding hydrogens is 238 g/mol. The summed E-state index contributed by atoms with van der Waals surface area (Å²) in [4.78, 5) is 13.3. The van der Waals surface area contributed by atoms with Crippen LogP contribution in [-0.4, -0.2) is 35.1 Å². The van der Waals surface area contributed by atoms with E-state index in [1.54, 1.807) is 0 Å². The number of rotatable bonds is 4. The van der Waals surface area contributed by atoms with Gasteiger partial charge in [-0.05, 0) is 62.9 Å². The Labute approximate surface area is 117 Å². The molecule has 110 valence electrons. The van der Waals surface area contributed by atoms with Gasteiger partial charge in [0.15, 0.2) is 0 Å². The molecular formula is C16H29NO2. The van der Waals surface area contributed by atoms with E-state index in [4.69, 9.17) is 5.11 Å². The van der Waals surface area contributed by atoms with Crippen molar-refractivity contribution in [2.45, 2.75) is 64.8 Å². The lowest BCUT2D eigenvalue weighted by atomic mass is 9.76. The van der Waals surface area contributed by atoms with Gasteiger partial charge in [-0.25, -0.2) is 0 Å². The van der Waals surface area contributed by atoms with Crippen LogP contribution in [0.2, 0.25) is 0 Å². The van der Waals surface area contributed by atoms with Crippen molar-refractivity contribution >= 4 is 5.97 Å². The summed E-state index contributed by atoms with van der Waals surface area (Å²) < 4.78 is 0. The highest BCUT2D eigenvalue weighted by molar-refractivity contribution is 5.66. The molecule has 2 atom stereocenters. The van der Waals surface area contributed by atoms with Crippen LogP contribution in [0.25, 0.3) is 0 Å². The van der Waals surface area contributed by atoms with Crippen molar-refractivity contribution in [3.8, 4) is 0 Å². The van der Waals surface area contributed by atoms with E-state index in [2.05, 4.69) is 18.7 Å². The molecule has 19 heavy (non-hydrogen) atoms. The van der Waals surface area contributed by atoms with Crippen molar-refractivity contribution in [1.82, 2.24) is 4.90 Å². The average molecular weight is 267 g/mol. The Morgan fingerprint density at radius 3 is 2.21 bits per heavy atom. The normalized spacial score (nSPS) is 34.3. The topological polar surface area (TPSA) is 40.5 Å². The average Bonchev–Trinajstić information content (AvgIpc) is 2.37. The molecule has 1 saturated carbocycles. The molecule has 0 aromatic carbocycles. The van der Waals surface area contributed by atoms with Gasteiger partial charge in [0, 0.05) is 12.5 Å². The van der Waals surface area contributed by atoms with Crippen LogP contribution < -0.4 is 0 Å². The molecule has 2 unspecified atom stereocenters. The number of carboxylic acid groups (broad SMARTS) is 1. The fourth-order valence-electron chi connectivity index (χ4n) is 4.25. The number of piperidine rings is 1. The van der Waals surface area contributed by atoms with Gasteiger partial charge in [0.2, 0.25) is 0 Å². The van der Waals surface area contributed by atoms with Gasteiger partial charge in [-0.2, -0.15) is 0 Å². The maximum atomic E-state index is 10.6. The molecule has 0 spiro atoms. The first-order valence-corrected chi connectivity index (χ1v) is 8.03. The molecule has 0 amide bonds. The molecule has 0 aromatic heterocycles. The summed E-state index contributed by atoms with van der Waals surface area (Å²) in [5.74, 6) is 1.66. The second-order valence-corrected chi connectivity index (χ2v) is 6.79. The lowest BCUT2D eigenvalue weighted by Crippen LogP contribution is -2.49. The van der Waals surface area contributed by atoms with Crippen LogP contribution in [0.3, 0.4) is 0 Å². The van der Waals surface area contributed by atoms with Gasteiger partial charge in [-0.15, -0.1) is 0 Å². The minimum Gasteiger partial charge on any atom is -0.481 e. The maximum Gasteiger partial charge on any atom is 0.303 e. The third-order valence-electron chi connectivity index (χ3n) is 5.32. The van der Waals surface area contributed by atoms with E-state index in [1.807, 2.05) is 0 Å². The molecule has 1 heterocycles. The lowest BCUT2D eigenvalue weighted by molar-refractivity contribution is -0.137. The second-order valence-electron chi connectivity index (χ2n) is 6.79. The van der Waals surface area contributed by atoms with E-state index in [1.165, 1.54) is 45.2 Å². The predicted molar refractivity (Wildman–Crippen MR) is 77.1 cm³/mol. The quantitative estimate of drug-likeness (QED) is 0.849. The van der Waals surface area contributed by atoms with E-state index in [0.717, 1.165) is 24.3 Å². The zero-order valence-electron chi connectivity index (χ0n) is 12.5. The molecule has 3 nitrogen and oxygen atoms in total. The predicted octanol–water partition coefficient (Wildman–Crippen LogP) is 3.39. The van der Waals surface area contributed by atoms with Crippen LogP contribution >= 0.6 is 0 Å². The van der Waals surface area contributed by atoms with Crippen molar-refractivity contribution in [3.05, 3.63) is 0 Å². The van der Waals surface area contributed by atoms with Crippen LogP contribution in [0.15, 0.2) is 0 Å². The Kier molecular flexibility index (Phi) is 5.26. The summed E-state index contributed by atoms with van der Waals surface area (Å²) in [6.45, 7) is 7.20. The molecule has 1 aliphatic heterocycles. The summed E-state index contributed by atoms with van der Waals surface area (Å²) in [5.41, 5.74) is 0. The Balaban J connectivity index is 1.80. The number of carboxylic acids is 1. The van der Waals surface area contributed by atoms with Gasteiger partial charge < -0.3 is 5.11 Å². The van der Waals surface area contributed by atoms with Gasteiger partial charge in [0.1, 0.15) is 0 Å². The summed E-state index contributed by atoms with van der Waals surface area (Å²) in [6.07, 6.45) is 7.78. The highest BCUT2D eigenvalue weighted by Crippen LogP contribution is 2.35. The van der Waals surface area contributed by atoms with E-state index in [0.29, 0.717) is 12.3 Å². The third-order valence-corrected chi connectivity index (χ3v) is 5.32. The number of carbonyl (C=O) groups is 1. The van der Waals surface area contributed by atoms with Crippen molar-refractivity contribution < 1.29 is 9.90 Å². The maximum absolute atomic E-state index is 10.6. The Hall–Kier alpha value is -0.570. The van der Waals surface area contributed by atoms with Crippen molar-refractivity contribution in [2.24, 2.45) is 17.8 Å². The van der Waals surface area contributed by atoms with Crippen molar-refractivity contribution in [1.29, 1.82) is 0 Å². The zero-order valence-corrected chi connectivity index (χ0v) is 12.5. The van der Waals surface area contributed by atoms with Gasteiger partial charge in [-0.3, -0.25) is 9.69 Å².